The van der Waals surface area contributed by atoms with E-state index in [-0.39, 0.29) is 0 Å². The lowest BCUT2D eigenvalue weighted by atomic mass is 9.95. The first-order chi connectivity index (χ1) is 10.6. The third-order valence-corrected chi connectivity index (χ3v) is 23.8. The first-order valence-electron chi connectivity index (χ1n) is 9.96. The molecule has 130 valence electrons. The molecule has 1 aliphatic carbocycles. The molecule has 0 bridgehead atoms. The minimum Gasteiger partial charge on any atom is -0.314 e. The molecular formula is C19H41NSi2. The summed E-state index contributed by atoms with van der Waals surface area (Å²) in [6.07, 6.45) is 8.63. The predicted octanol–water partition coefficient (Wildman–Crippen LogP) is 5.62. The molecule has 1 N–H and O–H groups in total. The normalized spacial score (nSPS) is 18.2. The molecule has 1 atom stereocenters. The SMILES string of the molecule is CC[Si](CC)(CC)[SiH](C=C(C)C)CCCNC1CCCCC1. The Morgan fingerprint density at radius 3 is 2.14 bits per heavy atom. The molecular weight excluding hydrogens is 298 g/mol. The van der Waals surface area contributed by atoms with Crippen LogP contribution in [0.4, 0.5) is 0 Å². The zero-order chi connectivity index (χ0) is 16.4. The van der Waals surface area contributed by atoms with E-state index in [2.05, 4.69) is 45.6 Å². The number of hydrogen-bond acceptors (Lipinski definition) is 1. The zero-order valence-corrected chi connectivity index (χ0v) is 18.2. The van der Waals surface area contributed by atoms with Crippen LogP contribution in [0, 0.1) is 0 Å². The lowest BCUT2D eigenvalue weighted by Gasteiger charge is -2.35. The molecule has 3 heteroatoms. The molecule has 0 heterocycles. The van der Waals surface area contributed by atoms with E-state index in [1.54, 1.807) is 11.6 Å². The molecule has 1 aliphatic rings. The molecule has 1 rings (SSSR count). The number of allylic oxidation sites excluding steroid dienone is 1. The summed E-state index contributed by atoms with van der Waals surface area (Å²) in [7, 11) is -1.64. The first-order valence-corrected chi connectivity index (χ1v) is 15.9. The summed E-state index contributed by atoms with van der Waals surface area (Å²) in [6, 6.07) is 6.92. The van der Waals surface area contributed by atoms with Crippen molar-refractivity contribution in [2.45, 2.75) is 103 Å². The van der Waals surface area contributed by atoms with Crippen molar-refractivity contribution >= 4 is 15.9 Å². The molecule has 0 saturated heterocycles. The predicted molar refractivity (Wildman–Crippen MR) is 108 cm³/mol. The topological polar surface area (TPSA) is 12.0 Å². The molecule has 0 spiro atoms. The van der Waals surface area contributed by atoms with Crippen molar-refractivity contribution in [3.63, 3.8) is 0 Å². The second-order valence-corrected chi connectivity index (χ2v) is 20.6. The van der Waals surface area contributed by atoms with E-state index in [1.165, 1.54) is 63.2 Å². The minimum atomic E-state index is -0.964. The van der Waals surface area contributed by atoms with Crippen molar-refractivity contribution in [2.24, 2.45) is 0 Å². The molecule has 0 aromatic heterocycles. The number of nitrogens with one attached hydrogen (secondary N) is 1. The van der Waals surface area contributed by atoms with Gasteiger partial charge in [0.25, 0.3) is 0 Å². The van der Waals surface area contributed by atoms with Gasteiger partial charge in [-0.3, -0.25) is 0 Å². The molecule has 0 aromatic carbocycles. The Hall–Kier alpha value is 0.134. The van der Waals surface area contributed by atoms with E-state index in [0.717, 1.165) is 6.04 Å². The van der Waals surface area contributed by atoms with Crippen molar-refractivity contribution in [3.8, 4) is 0 Å². The highest BCUT2D eigenvalue weighted by atomic mass is 29.2. The van der Waals surface area contributed by atoms with Gasteiger partial charge in [0.15, 0.2) is 0 Å². The van der Waals surface area contributed by atoms with Crippen molar-refractivity contribution in [3.05, 3.63) is 11.3 Å². The summed E-state index contributed by atoms with van der Waals surface area (Å²) in [5.41, 5.74) is 4.35. The smallest absolute Gasteiger partial charge is 0.0560 e. The summed E-state index contributed by atoms with van der Waals surface area (Å²) in [6.45, 7) is 13.4. The zero-order valence-electron chi connectivity index (χ0n) is 16.0. The van der Waals surface area contributed by atoms with Crippen LogP contribution in [-0.2, 0) is 0 Å². The molecule has 1 fully saturated rings. The number of hydrogen-bond donors (Lipinski definition) is 1. The van der Waals surface area contributed by atoms with Crippen LogP contribution in [0.2, 0.25) is 24.2 Å². The van der Waals surface area contributed by atoms with Gasteiger partial charge >= 0.3 is 0 Å². The Balaban J connectivity index is 2.49. The second-order valence-electron chi connectivity index (χ2n) is 7.70. The summed E-state index contributed by atoms with van der Waals surface area (Å²) < 4.78 is 0. The fraction of sp³-hybridized carbons (Fsp3) is 0.895. The highest BCUT2D eigenvalue weighted by Crippen LogP contribution is 2.27. The van der Waals surface area contributed by atoms with Gasteiger partial charge in [0, 0.05) is 13.6 Å². The van der Waals surface area contributed by atoms with Gasteiger partial charge in [-0.05, 0) is 39.7 Å². The van der Waals surface area contributed by atoms with E-state index < -0.39 is 15.9 Å². The van der Waals surface area contributed by atoms with Crippen molar-refractivity contribution < 1.29 is 0 Å². The standard InChI is InChI=1S/C19H41NSi2/c1-6-22(7-2,8-3)21(17-18(4)5)16-12-15-20-19-13-10-9-11-14-19/h17,19-21H,6-16H2,1-5H3. The molecule has 0 amide bonds. The summed E-state index contributed by atoms with van der Waals surface area (Å²) in [4.78, 5) is 0. The van der Waals surface area contributed by atoms with Gasteiger partial charge in [0.1, 0.15) is 0 Å². The van der Waals surface area contributed by atoms with Crippen LogP contribution in [-0.4, -0.2) is 28.5 Å². The van der Waals surface area contributed by atoms with E-state index in [0.29, 0.717) is 0 Å². The largest absolute Gasteiger partial charge is 0.314 e. The third kappa shape index (κ3) is 6.33. The summed E-state index contributed by atoms with van der Waals surface area (Å²) >= 11 is 0. The van der Waals surface area contributed by atoms with Crippen LogP contribution < -0.4 is 5.32 Å². The lowest BCUT2D eigenvalue weighted by Crippen LogP contribution is -2.49. The quantitative estimate of drug-likeness (QED) is 0.402. The highest BCUT2D eigenvalue weighted by Gasteiger charge is 2.35. The molecule has 1 nitrogen and oxygen atoms in total. The van der Waals surface area contributed by atoms with Crippen LogP contribution in [0.5, 0.6) is 0 Å². The molecule has 22 heavy (non-hydrogen) atoms. The summed E-state index contributed by atoms with van der Waals surface area (Å²) in [5, 5.41) is 3.85. The van der Waals surface area contributed by atoms with E-state index in [1.807, 2.05) is 0 Å². The fourth-order valence-electron chi connectivity index (χ4n) is 4.44. The average Bonchev–Trinajstić information content (AvgIpc) is 2.54. The Morgan fingerprint density at radius 2 is 1.64 bits per heavy atom. The maximum absolute atomic E-state index is 3.85. The Kier molecular flexibility index (Phi) is 9.93. The Morgan fingerprint density at radius 1 is 1.05 bits per heavy atom. The molecule has 0 radical (unpaired) electrons. The highest BCUT2D eigenvalue weighted by molar-refractivity contribution is 7.35. The second kappa shape index (κ2) is 10.8. The van der Waals surface area contributed by atoms with Crippen molar-refractivity contribution in [2.75, 3.05) is 6.54 Å². The first kappa shape index (κ1) is 20.2. The average molecular weight is 340 g/mol. The van der Waals surface area contributed by atoms with E-state index in [4.69, 9.17) is 0 Å². The van der Waals surface area contributed by atoms with Crippen LogP contribution in [0.3, 0.4) is 0 Å². The van der Waals surface area contributed by atoms with E-state index in [9.17, 15) is 0 Å². The van der Waals surface area contributed by atoms with Crippen molar-refractivity contribution in [1.82, 2.24) is 5.32 Å². The maximum Gasteiger partial charge on any atom is 0.0560 e. The van der Waals surface area contributed by atoms with Crippen molar-refractivity contribution in [1.29, 1.82) is 0 Å². The van der Waals surface area contributed by atoms with Gasteiger partial charge in [0.2, 0.25) is 0 Å². The van der Waals surface area contributed by atoms with Crippen LogP contribution >= 0.6 is 0 Å². The van der Waals surface area contributed by atoms with Crippen LogP contribution in [0.1, 0.15) is 73.1 Å². The fourth-order valence-corrected chi connectivity index (χ4v) is 19.3. The van der Waals surface area contributed by atoms with Gasteiger partial charge in [-0.1, -0.05) is 69.8 Å². The lowest BCUT2D eigenvalue weighted by molar-refractivity contribution is 0.374. The van der Waals surface area contributed by atoms with Gasteiger partial charge in [-0.25, -0.2) is 0 Å². The molecule has 1 saturated carbocycles. The van der Waals surface area contributed by atoms with Gasteiger partial charge in [-0.2, -0.15) is 0 Å². The van der Waals surface area contributed by atoms with Crippen LogP contribution in [0.15, 0.2) is 11.3 Å². The monoisotopic (exact) mass is 339 g/mol. The maximum atomic E-state index is 3.85. The van der Waals surface area contributed by atoms with Crippen LogP contribution in [0.25, 0.3) is 0 Å². The third-order valence-electron chi connectivity index (χ3n) is 6.16. The van der Waals surface area contributed by atoms with E-state index >= 15 is 0 Å². The summed E-state index contributed by atoms with van der Waals surface area (Å²) in [5.74, 6) is 0. The number of rotatable bonds is 10. The van der Waals surface area contributed by atoms with Gasteiger partial charge < -0.3 is 5.32 Å². The van der Waals surface area contributed by atoms with Gasteiger partial charge in [0.05, 0.1) is 8.31 Å². The Bertz CT molecular complexity index is 305. The molecule has 1 unspecified atom stereocenters. The Labute approximate surface area is 142 Å². The molecule has 0 aliphatic heterocycles. The minimum absolute atomic E-state index is 0.680. The molecule has 0 aromatic rings. The van der Waals surface area contributed by atoms with Gasteiger partial charge in [-0.15, -0.1) is 5.70 Å².